The minimum Gasteiger partial charge on any atom is -0.399 e. The minimum atomic E-state index is -0.569. The third kappa shape index (κ3) is 3.19. The highest BCUT2D eigenvalue weighted by atomic mass is 19.1. The monoisotopic (exact) mass is 313 g/mol. The molecule has 23 heavy (non-hydrogen) atoms. The van der Waals surface area contributed by atoms with Gasteiger partial charge in [-0.05, 0) is 30.8 Å². The summed E-state index contributed by atoms with van der Waals surface area (Å²) in [4.78, 5) is 16.8. The standard InChI is InChI=1S/C18H20FN3O/c1-21-9-10-22(17(12-21)13-5-3-2-4-6-13)18(23)15-8-7-14(20)11-16(15)19/h2-8,11,17H,9-10,12,20H2,1H3. The van der Waals surface area contributed by atoms with Crippen LogP contribution < -0.4 is 5.73 Å². The molecule has 1 aliphatic heterocycles. The number of hydrogen-bond donors (Lipinski definition) is 1. The SMILES string of the molecule is CN1CCN(C(=O)c2ccc(N)cc2F)C(c2ccccc2)C1. The predicted molar refractivity (Wildman–Crippen MR) is 88.5 cm³/mol. The van der Waals surface area contributed by atoms with E-state index in [1.807, 2.05) is 37.4 Å². The Labute approximate surface area is 135 Å². The average Bonchev–Trinajstić information content (AvgIpc) is 2.55. The van der Waals surface area contributed by atoms with E-state index >= 15 is 0 Å². The number of carbonyl (C=O) groups excluding carboxylic acids is 1. The van der Waals surface area contributed by atoms with Crippen molar-refractivity contribution in [2.75, 3.05) is 32.4 Å². The first-order valence-electron chi connectivity index (χ1n) is 7.66. The van der Waals surface area contributed by atoms with Crippen molar-refractivity contribution in [1.82, 2.24) is 9.80 Å². The molecule has 5 heteroatoms. The summed E-state index contributed by atoms with van der Waals surface area (Å²) in [7, 11) is 2.03. The van der Waals surface area contributed by atoms with E-state index in [2.05, 4.69) is 4.90 Å². The lowest BCUT2D eigenvalue weighted by Gasteiger charge is -2.40. The van der Waals surface area contributed by atoms with Crippen LogP contribution in [0.5, 0.6) is 0 Å². The van der Waals surface area contributed by atoms with Crippen LogP contribution in [0.1, 0.15) is 22.0 Å². The highest BCUT2D eigenvalue weighted by Crippen LogP contribution is 2.27. The molecule has 0 aliphatic carbocycles. The second-order valence-electron chi connectivity index (χ2n) is 5.93. The number of piperazine rings is 1. The molecule has 1 saturated heterocycles. The van der Waals surface area contributed by atoms with Gasteiger partial charge in [-0.2, -0.15) is 0 Å². The summed E-state index contributed by atoms with van der Waals surface area (Å²) >= 11 is 0. The summed E-state index contributed by atoms with van der Waals surface area (Å²) in [6, 6.07) is 14.0. The van der Waals surface area contributed by atoms with E-state index in [0.717, 1.165) is 18.7 Å². The molecule has 2 N–H and O–H groups in total. The van der Waals surface area contributed by atoms with Gasteiger partial charge in [-0.3, -0.25) is 4.79 Å². The molecule has 1 heterocycles. The van der Waals surface area contributed by atoms with Crippen molar-refractivity contribution in [3.05, 3.63) is 65.5 Å². The zero-order chi connectivity index (χ0) is 16.4. The third-order valence-corrected chi connectivity index (χ3v) is 4.25. The minimum absolute atomic E-state index is 0.0738. The molecule has 1 fully saturated rings. The number of nitrogens with two attached hydrogens (primary N) is 1. The molecule has 0 aromatic heterocycles. The summed E-state index contributed by atoms with van der Waals surface area (Å²) in [5.74, 6) is -0.856. The van der Waals surface area contributed by atoms with E-state index in [4.69, 9.17) is 5.73 Å². The van der Waals surface area contributed by atoms with Crippen LogP contribution in [0.25, 0.3) is 0 Å². The Balaban J connectivity index is 1.93. The molecular formula is C18H20FN3O. The Morgan fingerprint density at radius 3 is 2.61 bits per heavy atom. The van der Waals surface area contributed by atoms with Gasteiger partial charge in [0.15, 0.2) is 0 Å². The van der Waals surface area contributed by atoms with E-state index < -0.39 is 5.82 Å². The maximum absolute atomic E-state index is 14.1. The van der Waals surface area contributed by atoms with E-state index in [0.29, 0.717) is 12.2 Å². The summed E-state index contributed by atoms with van der Waals surface area (Å²) in [5, 5.41) is 0. The number of halogens is 1. The highest BCUT2D eigenvalue weighted by molar-refractivity contribution is 5.95. The third-order valence-electron chi connectivity index (χ3n) is 4.25. The maximum Gasteiger partial charge on any atom is 0.257 e. The van der Waals surface area contributed by atoms with Gasteiger partial charge in [-0.1, -0.05) is 30.3 Å². The molecule has 2 aromatic rings. The van der Waals surface area contributed by atoms with Crippen molar-refractivity contribution < 1.29 is 9.18 Å². The predicted octanol–water partition coefficient (Wildman–Crippen LogP) is 2.54. The van der Waals surface area contributed by atoms with Crippen molar-refractivity contribution in [2.45, 2.75) is 6.04 Å². The van der Waals surface area contributed by atoms with Crippen molar-refractivity contribution in [3.63, 3.8) is 0 Å². The van der Waals surface area contributed by atoms with Crippen LogP contribution in [0, 0.1) is 5.82 Å². The van der Waals surface area contributed by atoms with Crippen LogP contribution in [0.3, 0.4) is 0 Å². The highest BCUT2D eigenvalue weighted by Gasteiger charge is 2.31. The molecule has 0 spiro atoms. The number of hydrogen-bond acceptors (Lipinski definition) is 3. The molecule has 1 atom stereocenters. The second-order valence-corrected chi connectivity index (χ2v) is 5.93. The Morgan fingerprint density at radius 1 is 1.17 bits per heavy atom. The lowest BCUT2D eigenvalue weighted by molar-refractivity contribution is 0.0493. The van der Waals surface area contributed by atoms with Gasteiger partial charge in [0.2, 0.25) is 0 Å². The van der Waals surface area contributed by atoms with Gasteiger partial charge in [0.1, 0.15) is 5.82 Å². The fraction of sp³-hybridized carbons (Fsp3) is 0.278. The van der Waals surface area contributed by atoms with Crippen LogP contribution in [-0.4, -0.2) is 42.4 Å². The van der Waals surface area contributed by atoms with Gasteiger partial charge in [0.05, 0.1) is 11.6 Å². The molecular weight excluding hydrogens is 293 g/mol. The summed E-state index contributed by atoms with van der Waals surface area (Å²) in [6.07, 6.45) is 0. The van der Waals surface area contributed by atoms with Gasteiger partial charge in [-0.15, -0.1) is 0 Å². The largest absolute Gasteiger partial charge is 0.399 e. The smallest absolute Gasteiger partial charge is 0.257 e. The van der Waals surface area contributed by atoms with Gasteiger partial charge in [-0.25, -0.2) is 4.39 Å². The second kappa shape index (κ2) is 6.38. The quantitative estimate of drug-likeness (QED) is 0.867. The fourth-order valence-corrected chi connectivity index (χ4v) is 2.98. The van der Waals surface area contributed by atoms with Crippen molar-refractivity contribution in [3.8, 4) is 0 Å². The average molecular weight is 313 g/mol. The van der Waals surface area contributed by atoms with Gasteiger partial charge >= 0.3 is 0 Å². The van der Waals surface area contributed by atoms with Crippen LogP contribution >= 0.6 is 0 Å². The van der Waals surface area contributed by atoms with Gasteiger partial charge in [0, 0.05) is 25.3 Å². The van der Waals surface area contributed by atoms with E-state index in [-0.39, 0.29) is 17.5 Å². The molecule has 3 rings (SSSR count). The summed E-state index contributed by atoms with van der Waals surface area (Å²) in [6.45, 7) is 2.07. The van der Waals surface area contributed by atoms with Crippen LogP contribution in [-0.2, 0) is 0 Å². The van der Waals surface area contributed by atoms with Crippen LogP contribution in [0.4, 0.5) is 10.1 Å². The lowest BCUT2D eigenvalue weighted by Crippen LogP contribution is -2.49. The number of rotatable bonds is 2. The van der Waals surface area contributed by atoms with E-state index in [1.165, 1.54) is 12.1 Å². The Hall–Kier alpha value is -2.40. The van der Waals surface area contributed by atoms with Crippen molar-refractivity contribution >= 4 is 11.6 Å². The molecule has 0 radical (unpaired) electrons. The Morgan fingerprint density at radius 2 is 1.91 bits per heavy atom. The summed E-state index contributed by atoms with van der Waals surface area (Å²) < 4.78 is 14.1. The molecule has 1 aliphatic rings. The van der Waals surface area contributed by atoms with Crippen LogP contribution in [0.15, 0.2) is 48.5 Å². The molecule has 1 unspecified atom stereocenters. The number of carbonyl (C=O) groups is 1. The number of benzene rings is 2. The van der Waals surface area contributed by atoms with E-state index in [9.17, 15) is 9.18 Å². The van der Waals surface area contributed by atoms with Crippen molar-refractivity contribution in [2.24, 2.45) is 0 Å². The van der Waals surface area contributed by atoms with Gasteiger partial charge in [0.25, 0.3) is 5.91 Å². The number of amides is 1. The van der Waals surface area contributed by atoms with E-state index in [1.54, 1.807) is 11.0 Å². The fourth-order valence-electron chi connectivity index (χ4n) is 2.98. The number of likely N-dealkylation sites (N-methyl/N-ethyl adjacent to an activating group) is 1. The maximum atomic E-state index is 14.1. The van der Waals surface area contributed by atoms with Gasteiger partial charge < -0.3 is 15.5 Å². The normalized spacial score (nSPS) is 18.9. The number of nitrogens with zero attached hydrogens (tertiary/aromatic N) is 2. The molecule has 0 saturated carbocycles. The first-order chi connectivity index (χ1) is 11.1. The van der Waals surface area contributed by atoms with Crippen molar-refractivity contribution in [1.29, 1.82) is 0 Å². The lowest BCUT2D eigenvalue weighted by atomic mass is 10.0. The molecule has 120 valence electrons. The zero-order valence-corrected chi connectivity index (χ0v) is 13.1. The first-order valence-corrected chi connectivity index (χ1v) is 7.66. The topological polar surface area (TPSA) is 49.6 Å². The molecule has 4 nitrogen and oxygen atoms in total. The zero-order valence-electron chi connectivity index (χ0n) is 13.1. The molecule has 0 bridgehead atoms. The molecule has 2 aromatic carbocycles. The summed E-state index contributed by atoms with van der Waals surface area (Å²) in [5.41, 5.74) is 7.02. The molecule has 1 amide bonds. The Kier molecular flexibility index (Phi) is 4.30. The van der Waals surface area contributed by atoms with Crippen LogP contribution in [0.2, 0.25) is 0 Å². The number of anilines is 1. The Bertz CT molecular complexity index is 705. The number of nitrogen functional groups attached to an aromatic ring is 1. The first kappa shape index (κ1) is 15.5.